The molecule has 1 aliphatic heterocycles. The Morgan fingerprint density at radius 1 is 1.12 bits per heavy atom. The predicted molar refractivity (Wildman–Crippen MR) is 90.0 cm³/mol. The van der Waals surface area contributed by atoms with Gasteiger partial charge in [0.1, 0.15) is 12.7 Å². The molecule has 4 rings (SSSR count). The molecule has 1 aliphatic rings. The van der Waals surface area contributed by atoms with Gasteiger partial charge >= 0.3 is 0 Å². The maximum Gasteiger partial charge on any atom is 0.256 e. The second kappa shape index (κ2) is 6.31. The molecular weight excluding hydrogens is 302 g/mol. The molecule has 0 spiro atoms. The first-order chi connectivity index (χ1) is 11.8. The van der Waals surface area contributed by atoms with E-state index in [2.05, 4.69) is 10.1 Å². The van der Waals surface area contributed by atoms with Gasteiger partial charge in [0.25, 0.3) is 5.91 Å². The lowest BCUT2D eigenvalue weighted by atomic mass is 10.0. The Bertz CT molecular complexity index is 810. The summed E-state index contributed by atoms with van der Waals surface area (Å²) in [6.45, 7) is 1.45. The molecule has 0 bridgehead atoms. The molecule has 1 saturated heterocycles. The van der Waals surface area contributed by atoms with Gasteiger partial charge in [-0.15, -0.1) is 0 Å². The maximum atomic E-state index is 13.1. The van der Waals surface area contributed by atoms with Crippen LogP contribution in [0.1, 0.15) is 29.2 Å². The zero-order chi connectivity index (χ0) is 16.4. The molecule has 0 N–H and O–H groups in total. The summed E-state index contributed by atoms with van der Waals surface area (Å²) in [6.07, 6.45) is 9.18. The molecule has 1 aromatic carbocycles. The van der Waals surface area contributed by atoms with E-state index in [0.29, 0.717) is 6.54 Å². The minimum atomic E-state index is 0.0733. The van der Waals surface area contributed by atoms with Crippen LogP contribution in [-0.2, 0) is 0 Å². The summed E-state index contributed by atoms with van der Waals surface area (Å²) in [4.78, 5) is 19.0. The van der Waals surface area contributed by atoms with Crippen molar-refractivity contribution < 1.29 is 4.79 Å². The van der Waals surface area contributed by atoms with E-state index in [0.717, 1.165) is 30.6 Å². The molecular formula is C18H19N5O. The van der Waals surface area contributed by atoms with Crippen molar-refractivity contribution in [2.45, 2.75) is 18.9 Å². The van der Waals surface area contributed by atoms with Crippen molar-refractivity contribution in [3.05, 3.63) is 67.0 Å². The number of hydrogen-bond acceptors (Lipinski definition) is 3. The fourth-order valence-corrected chi connectivity index (χ4v) is 3.31. The summed E-state index contributed by atoms with van der Waals surface area (Å²) in [5.74, 6) is 0.0733. The summed E-state index contributed by atoms with van der Waals surface area (Å²) >= 11 is 0. The lowest BCUT2D eigenvalue weighted by Gasteiger charge is -2.33. The van der Waals surface area contributed by atoms with Gasteiger partial charge in [0.2, 0.25) is 0 Å². The number of piperidine rings is 1. The molecule has 1 amide bonds. The van der Waals surface area contributed by atoms with Gasteiger partial charge in [-0.3, -0.25) is 4.79 Å². The number of hydrogen-bond donors (Lipinski definition) is 0. The molecule has 2 aromatic heterocycles. The minimum absolute atomic E-state index is 0.0733. The van der Waals surface area contributed by atoms with Crippen LogP contribution < -0.4 is 0 Å². The first kappa shape index (κ1) is 14.7. The Morgan fingerprint density at radius 3 is 2.75 bits per heavy atom. The molecule has 0 radical (unpaired) electrons. The standard InChI is InChI=1S/C18H19N5O/c24-18(16-7-1-2-8-17(16)21-9-3-4-10-21)22-11-5-6-15(12-22)23-14-19-13-20-23/h1-4,7-10,13-15H,5-6,11-12H2. The molecule has 122 valence electrons. The van der Waals surface area contributed by atoms with Crippen molar-refractivity contribution in [2.75, 3.05) is 13.1 Å². The van der Waals surface area contributed by atoms with Crippen molar-refractivity contribution in [3.63, 3.8) is 0 Å². The summed E-state index contributed by atoms with van der Waals surface area (Å²) in [5, 5.41) is 4.23. The summed E-state index contributed by atoms with van der Waals surface area (Å²) < 4.78 is 3.84. The zero-order valence-electron chi connectivity index (χ0n) is 13.3. The van der Waals surface area contributed by atoms with E-state index in [9.17, 15) is 4.79 Å². The number of aromatic nitrogens is 4. The Morgan fingerprint density at radius 2 is 1.96 bits per heavy atom. The highest BCUT2D eigenvalue weighted by atomic mass is 16.2. The van der Waals surface area contributed by atoms with Gasteiger partial charge in [0.05, 0.1) is 17.3 Å². The zero-order valence-corrected chi connectivity index (χ0v) is 13.3. The Balaban J connectivity index is 1.60. The fraction of sp³-hybridized carbons (Fsp3) is 0.278. The van der Waals surface area contributed by atoms with Crippen LogP contribution in [0.5, 0.6) is 0 Å². The quantitative estimate of drug-likeness (QED) is 0.745. The van der Waals surface area contributed by atoms with E-state index in [1.807, 2.05) is 62.9 Å². The summed E-state index contributed by atoms with van der Waals surface area (Å²) in [5.41, 5.74) is 1.64. The van der Waals surface area contributed by atoms with E-state index >= 15 is 0 Å². The molecule has 6 nitrogen and oxygen atoms in total. The molecule has 1 fully saturated rings. The number of nitrogens with zero attached hydrogens (tertiary/aromatic N) is 5. The summed E-state index contributed by atoms with van der Waals surface area (Å²) in [7, 11) is 0. The number of amides is 1. The lowest BCUT2D eigenvalue weighted by molar-refractivity contribution is 0.0673. The second-order valence-electron chi connectivity index (χ2n) is 6.03. The first-order valence-corrected chi connectivity index (χ1v) is 8.19. The van der Waals surface area contributed by atoms with Crippen LogP contribution in [0.25, 0.3) is 5.69 Å². The smallest absolute Gasteiger partial charge is 0.256 e. The van der Waals surface area contributed by atoms with Crippen LogP contribution in [0.2, 0.25) is 0 Å². The highest BCUT2D eigenvalue weighted by Crippen LogP contribution is 2.24. The molecule has 3 aromatic rings. The third kappa shape index (κ3) is 2.71. The van der Waals surface area contributed by atoms with Crippen LogP contribution in [0.15, 0.2) is 61.4 Å². The molecule has 3 heterocycles. The van der Waals surface area contributed by atoms with Gasteiger partial charge in [-0.25, -0.2) is 9.67 Å². The van der Waals surface area contributed by atoms with Crippen LogP contribution >= 0.6 is 0 Å². The molecule has 6 heteroatoms. The average Bonchev–Trinajstić information content (AvgIpc) is 3.35. The highest BCUT2D eigenvalue weighted by molar-refractivity contribution is 5.97. The average molecular weight is 321 g/mol. The van der Waals surface area contributed by atoms with Crippen molar-refractivity contribution in [1.29, 1.82) is 0 Å². The Hall–Kier alpha value is -2.89. The minimum Gasteiger partial charge on any atom is -0.336 e. The van der Waals surface area contributed by atoms with Crippen LogP contribution in [0.3, 0.4) is 0 Å². The number of rotatable bonds is 3. The van der Waals surface area contributed by atoms with Gasteiger partial charge in [0.15, 0.2) is 0 Å². The van der Waals surface area contributed by atoms with Crippen molar-refractivity contribution in [1.82, 2.24) is 24.2 Å². The highest BCUT2D eigenvalue weighted by Gasteiger charge is 2.27. The van der Waals surface area contributed by atoms with E-state index < -0.39 is 0 Å². The predicted octanol–water partition coefficient (Wildman–Crippen LogP) is 2.55. The second-order valence-corrected chi connectivity index (χ2v) is 6.03. The van der Waals surface area contributed by atoms with E-state index in [1.165, 1.54) is 0 Å². The van der Waals surface area contributed by atoms with Crippen LogP contribution in [-0.4, -0.2) is 43.2 Å². The van der Waals surface area contributed by atoms with Crippen LogP contribution in [0, 0.1) is 0 Å². The molecule has 24 heavy (non-hydrogen) atoms. The number of carbonyl (C=O) groups is 1. The Labute approximate surface area is 140 Å². The van der Waals surface area contributed by atoms with E-state index in [1.54, 1.807) is 12.7 Å². The van der Waals surface area contributed by atoms with Crippen molar-refractivity contribution in [2.24, 2.45) is 0 Å². The third-order valence-electron chi connectivity index (χ3n) is 4.51. The maximum absolute atomic E-state index is 13.1. The lowest BCUT2D eigenvalue weighted by Crippen LogP contribution is -2.41. The van der Waals surface area contributed by atoms with Crippen molar-refractivity contribution in [3.8, 4) is 5.69 Å². The monoisotopic (exact) mass is 321 g/mol. The van der Waals surface area contributed by atoms with E-state index in [-0.39, 0.29) is 11.9 Å². The number of benzene rings is 1. The molecule has 1 unspecified atom stereocenters. The van der Waals surface area contributed by atoms with Gasteiger partial charge in [-0.05, 0) is 37.1 Å². The van der Waals surface area contributed by atoms with Gasteiger partial charge < -0.3 is 9.47 Å². The van der Waals surface area contributed by atoms with Gasteiger partial charge in [0, 0.05) is 25.5 Å². The number of likely N-dealkylation sites (tertiary alicyclic amines) is 1. The summed E-state index contributed by atoms with van der Waals surface area (Å²) in [6, 6.07) is 11.9. The third-order valence-corrected chi connectivity index (χ3v) is 4.51. The molecule has 1 atom stereocenters. The van der Waals surface area contributed by atoms with Crippen molar-refractivity contribution >= 4 is 5.91 Å². The SMILES string of the molecule is O=C(c1ccccc1-n1cccc1)N1CCCC(n2cncn2)C1. The molecule has 0 saturated carbocycles. The number of para-hydroxylation sites is 1. The van der Waals surface area contributed by atoms with Gasteiger partial charge in [-0.2, -0.15) is 5.10 Å². The largest absolute Gasteiger partial charge is 0.336 e. The normalized spacial score (nSPS) is 17.8. The van der Waals surface area contributed by atoms with E-state index in [4.69, 9.17) is 0 Å². The van der Waals surface area contributed by atoms with Gasteiger partial charge in [-0.1, -0.05) is 12.1 Å². The fourth-order valence-electron chi connectivity index (χ4n) is 3.31. The number of carbonyl (C=O) groups excluding carboxylic acids is 1. The first-order valence-electron chi connectivity index (χ1n) is 8.19. The molecule has 0 aliphatic carbocycles. The topological polar surface area (TPSA) is 56.0 Å². The Kier molecular flexibility index (Phi) is 3.86. The van der Waals surface area contributed by atoms with Crippen LogP contribution in [0.4, 0.5) is 0 Å².